The van der Waals surface area contributed by atoms with Gasteiger partial charge in [0.1, 0.15) is 5.60 Å². The van der Waals surface area contributed by atoms with Crippen molar-refractivity contribution in [1.29, 1.82) is 0 Å². The third-order valence-corrected chi connectivity index (χ3v) is 6.00. The summed E-state index contributed by atoms with van der Waals surface area (Å²) >= 11 is 0. The van der Waals surface area contributed by atoms with E-state index < -0.39 is 51.4 Å². The van der Waals surface area contributed by atoms with Crippen molar-refractivity contribution < 1.29 is 30.6 Å². The monoisotopic (exact) mass is 484 g/mol. The van der Waals surface area contributed by atoms with Crippen LogP contribution in [0.4, 0.5) is 4.79 Å². The van der Waals surface area contributed by atoms with Crippen LogP contribution in [0.3, 0.4) is 0 Å². The number of hydrogen-bond acceptors (Lipinski definition) is 7. The molecule has 0 saturated carbocycles. The molecular weight excluding hydrogens is 456 g/mol. The molecule has 0 aliphatic heterocycles. The maximum absolute atomic E-state index is 12.6. The molecule has 32 heavy (non-hydrogen) atoms. The second-order valence-electron chi connectivity index (χ2n) is 8.08. The lowest BCUT2D eigenvalue weighted by molar-refractivity contribution is 0.0475. The van der Waals surface area contributed by atoms with Crippen molar-refractivity contribution in [3.63, 3.8) is 0 Å². The fraction of sp³-hybridized carbons (Fsp3) is 0.381. The van der Waals surface area contributed by atoms with Crippen LogP contribution in [0.2, 0.25) is 0 Å². The van der Waals surface area contributed by atoms with Crippen LogP contribution in [0, 0.1) is 6.92 Å². The van der Waals surface area contributed by atoms with E-state index in [0.717, 1.165) is 5.56 Å². The van der Waals surface area contributed by atoms with E-state index in [-0.39, 0.29) is 4.90 Å². The van der Waals surface area contributed by atoms with Crippen LogP contribution in [-0.4, -0.2) is 41.2 Å². The van der Waals surface area contributed by atoms with Gasteiger partial charge in [0.25, 0.3) is 10.1 Å². The summed E-state index contributed by atoms with van der Waals surface area (Å²) in [5, 5.41) is 2.53. The number of thiol groups is 1. The Balaban J connectivity index is 2.33. The highest BCUT2D eigenvalue weighted by Gasteiger charge is 2.30. The molecule has 0 bridgehead atoms. The van der Waals surface area contributed by atoms with E-state index in [0.29, 0.717) is 5.56 Å². The first kappa shape index (κ1) is 25.8. The van der Waals surface area contributed by atoms with E-state index in [4.69, 9.17) is 8.92 Å². The molecule has 9 nitrogen and oxygen atoms in total. The highest BCUT2D eigenvalue weighted by molar-refractivity contribution is 7.86. The molecule has 0 saturated heterocycles. The zero-order chi connectivity index (χ0) is 23.9. The van der Waals surface area contributed by atoms with Gasteiger partial charge in [-0.1, -0.05) is 48.0 Å². The molecule has 176 valence electrons. The lowest BCUT2D eigenvalue weighted by Gasteiger charge is -2.28. The second kappa shape index (κ2) is 10.9. The SMILES string of the molecule is Cc1ccc(S(=O)(=O)OC[C@@H](NC(=O)OC(C)(C)C)[C@@H](N[SH](=O)=O)c2ccccc2)cc1. The molecule has 2 aromatic rings. The average Bonchev–Trinajstić information content (AvgIpc) is 2.69. The first-order valence-corrected chi connectivity index (χ1v) is 12.4. The van der Waals surface area contributed by atoms with Crippen LogP contribution in [0.25, 0.3) is 0 Å². The first-order valence-electron chi connectivity index (χ1n) is 9.78. The first-order chi connectivity index (χ1) is 14.9. The predicted molar refractivity (Wildman–Crippen MR) is 120 cm³/mol. The van der Waals surface area contributed by atoms with E-state index >= 15 is 0 Å². The fourth-order valence-corrected chi connectivity index (χ4v) is 4.27. The van der Waals surface area contributed by atoms with Gasteiger partial charge in [-0.2, -0.15) is 8.42 Å². The number of alkyl carbamates (subject to hydrolysis) is 1. The van der Waals surface area contributed by atoms with E-state index in [1.807, 2.05) is 6.92 Å². The molecule has 2 aromatic carbocycles. The summed E-state index contributed by atoms with van der Waals surface area (Å²) < 4.78 is 61.0. The van der Waals surface area contributed by atoms with Crippen molar-refractivity contribution in [2.45, 2.75) is 50.3 Å². The number of aryl methyl sites for hydroxylation is 1. The van der Waals surface area contributed by atoms with Crippen LogP contribution >= 0.6 is 0 Å². The minimum atomic E-state index is -4.16. The molecule has 2 rings (SSSR count). The largest absolute Gasteiger partial charge is 0.444 e. The molecule has 0 aliphatic rings. The second-order valence-corrected chi connectivity index (χ2v) is 10.5. The van der Waals surface area contributed by atoms with Crippen molar-refractivity contribution in [2.24, 2.45) is 0 Å². The highest BCUT2D eigenvalue weighted by Crippen LogP contribution is 2.21. The quantitative estimate of drug-likeness (QED) is 0.368. The Morgan fingerprint density at radius 2 is 1.62 bits per heavy atom. The van der Waals surface area contributed by atoms with Gasteiger partial charge in [-0.25, -0.2) is 17.9 Å². The van der Waals surface area contributed by atoms with Crippen LogP contribution in [0.15, 0.2) is 59.5 Å². The maximum Gasteiger partial charge on any atom is 0.408 e. The van der Waals surface area contributed by atoms with Gasteiger partial charge in [0.2, 0.25) is 10.9 Å². The molecule has 2 N–H and O–H groups in total. The topological polar surface area (TPSA) is 128 Å². The molecule has 0 aromatic heterocycles. The molecule has 0 aliphatic carbocycles. The Labute approximate surface area is 190 Å². The van der Waals surface area contributed by atoms with E-state index in [1.54, 1.807) is 63.2 Å². The van der Waals surface area contributed by atoms with Crippen molar-refractivity contribution in [3.05, 3.63) is 65.7 Å². The van der Waals surface area contributed by atoms with E-state index in [9.17, 15) is 21.6 Å². The molecule has 0 spiro atoms. The number of ether oxygens (including phenoxy) is 1. The Kier molecular flexibility index (Phi) is 8.79. The third-order valence-electron chi connectivity index (χ3n) is 4.22. The molecule has 0 radical (unpaired) electrons. The lowest BCUT2D eigenvalue weighted by Crippen LogP contribution is -2.48. The third kappa shape index (κ3) is 8.23. The molecule has 2 atom stereocenters. The average molecular weight is 485 g/mol. The number of benzene rings is 2. The van der Waals surface area contributed by atoms with Gasteiger partial charge in [-0.05, 0) is 45.4 Å². The standard InChI is InChI=1S/C21H28N2O7S2/c1-15-10-12-17(13-11-15)32(27,28)29-14-18(22-20(24)30-21(2,3)4)19(23-31(25)26)16-8-6-5-7-9-16/h5-13,18-19,31H,14H2,1-4H3,(H,22,24)(H,23,25,26)/t18-,19+/m1/s1. The number of rotatable bonds is 9. The Hall–Kier alpha value is -2.47. The Bertz CT molecular complexity index is 1070. The summed E-state index contributed by atoms with van der Waals surface area (Å²) in [4.78, 5) is 12.3. The summed E-state index contributed by atoms with van der Waals surface area (Å²) in [7, 11) is -7.24. The van der Waals surface area contributed by atoms with Gasteiger partial charge in [0.05, 0.1) is 23.6 Å². The number of carbonyl (C=O) groups is 1. The summed E-state index contributed by atoms with van der Waals surface area (Å²) in [6.45, 7) is 6.29. The van der Waals surface area contributed by atoms with Crippen LogP contribution < -0.4 is 10.0 Å². The molecule has 0 heterocycles. The van der Waals surface area contributed by atoms with Crippen LogP contribution in [-0.2, 0) is 29.9 Å². The van der Waals surface area contributed by atoms with Crippen molar-refractivity contribution in [2.75, 3.05) is 6.61 Å². The van der Waals surface area contributed by atoms with Crippen molar-refractivity contribution >= 4 is 27.1 Å². The zero-order valence-electron chi connectivity index (χ0n) is 18.3. The molecule has 11 heteroatoms. The Morgan fingerprint density at radius 1 is 1.03 bits per heavy atom. The van der Waals surface area contributed by atoms with Crippen molar-refractivity contribution in [3.8, 4) is 0 Å². The summed E-state index contributed by atoms with van der Waals surface area (Å²) in [5.74, 6) is 0. The lowest BCUT2D eigenvalue weighted by atomic mass is 10.0. The predicted octanol–water partition coefficient (Wildman–Crippen LogP) is 2.45. The molecular formula is C21H28N2O7S2. The Morgan fingerprint density at radius 3 is 2.16 bits per heavy atom. The molecule has 1 amide bonds. The van der Waals surface area contributed by atoms with Crippen LogP contribution in [0.1, 0.15) is 37.9 Å². The van der Waals surface area contributed by atoms with Gasteiger partial charge in [0, 0.05) is 0 Å². The minimum Gasteiger partial charge on any atom is -0.444 e. The fourth-order valence-electron chi connectivity index (χ4n) is 2.79. The molecule has 0 fully saturated rings. The van der Waals surface area contributed by atoms with Gasteiger partial charge < -0.3 is 10.1 Å². The van der Waals surface area contributed by atoms with Gasteiger partial charge >= 0.3 is 6.09 Å². The van der Waals surface area contributed by atoms with Gasteiger partial charge in [0.15, 0.2) is 0 Å². The number of amides is 1. The zero-order valence-corrected chi connectivity index (χ0v) is 20.0. The highest BCUT2D eigenvalue weighted by atomic mass is 32.2. The van der Waals surface area contributed by atoms with Gasteiger partial charge in [-0.3, -0.25) is 4.18 Å². The number of hydrogen-bond donors (Lipinski definition) is 3. The summed E-state index contributed by atoms with van der Waals surface area (Å²) in [6, 6.07) is 12.4. The molecule has 0 unspecified atom stereocenters. The number of nitrogens with one attached hydrogen (secondary N) is 2. The smallest absolute Gasteiger partial charge is 0.408 e. The summed E-state index contributed by atoms with van der Waals surface area (Å²) in [5.41, 5.74) is 0.563. The van der Waals surface area contributed by atoms with Gasteiger partial charge in [-0.15, -0.1) is 0 Å². The summed E-state index contributed by atoms with van der Waals surface area (Å²) in [6.07, 6.45) is -0.845. The minimum absolute atomic E-state index is 0.0572. The van der Waals surface area contributed by atoms with E-state index in [1.165, 1.54) is 12.1 Å². The normalized spacial score (nSPS) is 14.0. The van der Waals surface area contributed by atoms with Crippen LogP contribution in [0.5, 0.6) is 0 Å². The van der Waals surface area contributed by atoms with E-state index in [2.05, 4.69) is 10.0 Å². The number of carbonyl (C=O) groups excluding carboxylic acids is 1. The van der Waals surface area contributed by atoms with Crippen molar-refractivity contribution in [1.82, 2.24) is 10.0 Å². The maximum atomic E-state index is 12.6.